The van der Waals surface area contributed by atoms with Crippen LogP contribution in [0, 0.1) is 0 Å². The van der Waals surface area contributed by atoms with Crippen LogP contribution in [0.4, 0.5) is 0 Å². The van der Waals surface area contributed by atoms with Gasteiger partial charge in [0.2, 0.25) is 0 Å². The van der Waals surface area contributed by atoms with Crippen molar-refractivity contribution in [2.24, 2.45) is 4.52 Å². The first-order valence-electron chi connectivity index (χ1n) is 18.4. The maximum absolute atomic E-state index is 6.96. The fourth-order valence-corrected chi connectivity index (χ4v) is 17.4. The zero-order chi connectivity index (χ0) is 37.6. The molecule has 0 spiro atoms. The summed E-state index contributed by atoms with van der Waals surface area (Å²) in [7, 11) is -11.0. The average molecular weight is 764 g/mol. The molecule has 0 aliphatic carbocycles. The van der Waals surface area contributed by atoms with Crippen molar-refractivity contribution in [2.75, 3.05) is 19.8 Å². The average Bonchev–Trinajstić information content (AvgIpc) is 3.05. The van der Waals surface area contributed by atoms with E-state index in [9.17, 15) is 0 Å². The molecule has 51 heavy (non-hydrogen) atoms. The Morgan fingerprint density at radius 1 is 0.549 bits per heavy atom. The Morgan fingerprint density at radius 3 is 1.39 bits per heavy atom. The number of nitrogens with one attached hydrogen (secondary N) is 2. The van der Waals surface area contributed by atoms with Crippen LogP contribution in [-0.4, -0.2) is 19.8 Å². The second-order valence-corrected chi connectivity index (χ2v) is 23.8. The van der Waals surface area contributed by atoms with E-state index in [1.165, 1.54) is 16.7 Å². The quantitative estimate of drug-likeness (QED) is 0.148. The Bertz CT molecular complexity index is 1600. The standard InChI is InChI=1S/C39H64N3O6P3/c1-13-28-43-49(46-34-22-16-31(17-23-34)37(4,5)6)40-50(44-29-14-2,47-35-24-18-32(19-25-35)38(7,8)9)42-51(41-49,45-30-15-3)48-36-26-20-33(21-27-36)39(10,11)12/h16-27,40-41,49-50H,13-15,28-30H2,1-12H3. The molecule has 0 amide bonds. The van der Waals surface area contributed by atoms with Gasteiger partial charge in [-0.3, -0.25) is 0 Å². The van der Waals surface area contributed by atoms with Crippen molar-refractivity contribution in [3.8, 4) is 17.2 Å². The molecule has 3 aromatic carbocycles. The van der Waals surface area contributed by atoms with E-state index in [0.29, 0.717) is 37.1 Å². The van der Waals surface area contributed by atoms with E-state index in [-0.39, 0.29) is 16.2 Å². The molecule has 1 atom stereocenters. The molecule has 9 nitrogen and oxygen atoms in total. The van der Waals surface area contributed by atoms with Crippen molar-refractivity contribution in [1.82, 2.24) is 9.72 Å². The summed E-state index contributed by atoms with van der Waals surface area (Å²) in [6.45, 7) is 27.1. The van der Waals surface area contributed by atoms with Crippen LogP contribution in [0.3, 0.4) is 0 Å². The van der Waals surface area contributed by atoms with Gasteiger partial charge in [-0.2, -0.15) is 0 Å². The molecule has 2 N–H and O–H groups in total. The molecule has 0 radical (unpaired) electrons. The van der Waals surface area contributed by atoms with Crippen molar-refractivity contribution >= 4 is 23.7 Å². The summed E-state index contributed by atoms with van der Waals surface area (Å²) in [6, 6.07) is 24.4. The van der Waals surface area contributed by atoms with Gasteiger partial charge in [0.1, 0.15) is 0 Å². The molecule has 1 aliphatic rings. The first kappa shape index (κ1) is 41.7. The molecule has 0 aromatic heterocycles. The first-order valence-corrected chi connectivity index (χ1v) is 23.6. The normalized spacial score (nSPS) is 20.2. The molecule has 1 aliphatic heterocycles. The Labute approximate surface area is 309 Å². The Morgan fingerprint density at radius 2 is 0.961 bits per heavy atom. The Balaban J connectivity index is 1.92. The second-order valence-electron chi connectivity index (χ2n) is 16.2. The number of rotatable bonds is 15. The predicted molar refractivity (Wildman–Crippen MR) is 218 cm³/mol. The molecule has 1 heterocycles. The molecule has 0 bridgehead atoms. The molecule has 0 saturated heterocycles. The van der Waals surface area contributed by atoms with Gasteiger partial charge in [-0.1, -0.05) is 0 Å². The van der Waals surface area contributed by atoms with Gasteiger partial charge in [-0.15, -0.1) is 0 Å². The summed E-state index contributed by atoms with van der Waals surface area (Å²) in [6.07, 6.45) is 2.26. The summed E-state index contributed by atoms with van der Waals surface area (Å²) in [5.41, 5.74) is 3.56. The van der Waals surface area contributed by atoms with E-state index in [1.54, 1.807) is 0 Å². The zero-order valence-electron chi connectivity index (χ0n) is 33.0. The summed E-state index contributed by atoms with van der Waals surface area (Å²) in [4.78, 5) is 7.30. The van der Waals surface area contributed by atoms with E-state index >= 15 is 0 Å². The molecule has 1 unspecified atom stereocenters. The van der Waals surface area contributed by atoms with Gasteiger partial charge in [0.15, 0.2) is 0 Å². The molecular formula is C39H64N3O6P3. The van der Waals surface area contributed by atoms with Crippen LogP contribution in [0.5, 0.6) is 17.2 Å². The van der Waals surface area contributed by atoms with Crippen LogP contribution in [0.1, 0.15) is 119 Å². The fourth-order valence-electron chi connectivity index (χ4n) is 5.29. The van der Waals surface area contributed by atoms with E-state index in [0.717, 1.165) is 19.3 Å². The van der Waals surface area contributed by atoms with Crippen molar-refractivity contribution in [3.63, 3.8) is 0 Å². The third kappa shape index (κ3) is 11.5. The molecule has 286 valence electrons. The third-order valence-corrected chi connectivity index (χ3v) is 18.5. The van der Waals surface area contributed by atoms with Crippen molar-refractivity contribution < 1.29 is 27.1 Å². The summed E-state index contributed by atoms with van der Waals surface area (Å²) in [5.74, 6) is 1.88. The number of hydrogen-bond donors (Lipinski definition) is 2. The van der Waals surface area contributed by atoms with Crippen LogP contribution in [0.25, 0.3) is 0 Å². The van der Waals surface area contributed by atoms with Gasteiger partial charge in [0, 0.05) is 0 Å². The molecule has 4 rings (SSSR count). The van der Waals surface area contributed by atoms with Crippen LogP contribution in [0.2, 0.25) is 0 Å². The summed E-state index contributed by atoms with van der Waals surface area (Å²) >= 11 is 0. The van der Waals surface area contributed by atoms with Gasteiger partial charge in [0.25, 0.3) is 0 Å². The van der Waals surface area contributed by atoms with Gasteiger partial charge in [-0.05, 0) is 0 Å². The molecule has 0 fully saturated rings. The Kier molecular flexibility index (Phi) is 13.9. The topological polar surface area (TPSA) is 91.8 Å². The van der Waals surface area contributed by atoms with E-state index in [1.807, 2.05) is 36.4 Å². The zero-order valence-corrected chi connectivity index (χ0v) is 35.9. The third-order valence-electron chi connectivity index (χ3n) is 8.26. The predicted octanol–water partition coefficient (Wildman–Crippen LogP) is 12.4. The molecular weight excluding hydrogens is 699 g/mol. The first-order chi connectivity index (χ1) is 23.9. The molecule has 3 aromatic rings. The van der Waals surface area contributed by atoms with Crippen molar-refractivity contribution in [3.05, 3.63) is 89.5 Å². The van der Waals surface area contributed by atoms with Gasteiger partial charge in [0.05, 0.1) is 0 Å². The summed E-state index contributed by atoms with van der Waals surface area (Å²) in [5, 5.41) is 0. The van der Waals surface area contributed by atoms with Crippen LogP contribution in [-0.2, 0) is 29.8 Å². The monoisotopic (exact) mass is 763 g/mol. The van der Waals surface area contributed by atoms with Gasteiger partial charge < -0.3 is 0 Å². The molecule has 12 heteroatoms. The SMILES string of the molecule is CCCOP1(Oc2ccc(C(C)(C)C)cc2)=N[PH](OCCC)(Oc2ccc(C(C)(C)C)cc2)N[PH](OCCC)(Oc2ccc(C(C)(C)C)cc2)N1. The number of benzene rings is 3. The van der Waals surface area contributed by atoms with Crippen LogP contribution >= 0.6 is 23.7 Å². The second kappa shape index (κ2) is 17.0. The number of hydrogen-bond acceptors (Lipinski definition) is 9. The van der Waals surface area contributed by atoms with Crippen LogP contribution in [0.15, 0.2) is 77.3 Å². The van der Waals surface area contributed by atoms with Crippen LogP contribution < -0.4 is 23.3 Å². The van der Waals surface area contributed by atoms with Crippen molar-refractivity contribution in [1.29, 1.82) is 0 Å². The van der Waals surface area contributed by atoms with E-state index < -0.39 is 23.7 Å². The maximum atomic E-state index is 6.96. The number of nitrogens with zero attached hydrogens (tertiary/aromatic N) is 1. The minimum absolute atomic E-state index is 0.00985. The van der Waals surface area contributed by atoms with Gasteiger partial charge >= 0.3 is 310 Å². The van der Waals surface area contributed by atoms with Crippen molar-refractivity contribution in [2.45, 2.75) is 119 Å². The minimum atomic E-state index is -3.84. The van der Waals surface area contributed by atoms with E-state index in [2.05, 4.69) is 129 Å². The van der Waals surface area contributed by atoms with Gasteiger partial charge in [-0.25, -0.2) is 0 Å². The fraction of sp³-hybridized carbons (Fsp3) is 0.538. The molecule has 0 saturated carbocycles. The Hall–Kier alpha value is -2.05. The summed E-state index contributed by atoms with van der Waals surface area (Å²) < 4.78 is 46.4. The van der Waals surface area contributed by atoms with E-state index in [4.69, 9.17) is 31.7 Å².